The zero-order valence-electron chi connectivity index (χ0n) is 14.7. The highest BCUT2D eigenvalue weighted by molar-refractivity contribution is 7.18. The summed E-state index contributed by atoms with van der Waals surface area (Å²) in [5, 5.41) is 4.82. The zero-order valence-corrected chi connectivity index (χ0v) is 16.3. The van der Waals surface area contributed by atoms with Gasteiger partial charge in [-0.1, -0.05) is 17.7 Å². The van der Waals surface area contributed by atoms with E-state index in [1.165, 1.54) is 22.1 Å². The van der Waals surface area contributed by atoms with Crippen molar-refractivity contribution in [2.75, 3.05) is 6.54 Å². The van der Waals surface area contributed by atoms with Crippen molar-refractivity contribution in [2.24, 2.45) is 7.05 Å². The summed E-state index contributed by atoms with van der Waals surface area (Å²) in [7, 11) is 1.71. The lowest BCUT2D eigenvalue weighted by Gasteiger charge is -2.33. The topological polar surface area (TPSA) is 79.7 Å². The molecule has 1 atom stereocenters. The molecule has 0 saturated heterocycles. The fourth-order valence-corrected chi connectivity index (χ4v) is 4.90. The summed E-state index contributed by atoms with van der Waals surface area (Å²) in [6.45, 7) is 0.461. The van der Waals surface area contributed by atoms with Gasteiger partial charge in [-0.25, -0.2) is 14.4 Å². The van der Waals surface area contributed by atoms with Gasteiger partial charge in [-0.05, 0) is 12.1 Å². The molecule has 142 valence electrons. The average Bonchev–Trinajstić information content (AvgIpc) is 3.38. The lowest BCUT2D eigenvalue weighted by atomic mass is 10.0. The summed E-state index contributed by atoms with van der Waals surface area (Å²) in [4.78, 5) is 27.0. The molecule has 28 heavy (non-hydrogen) atoms. The number of imidazole rings is 1. The van der Waals surface area contributed by atoms with Crippen molar-refractivity contribution >= 4 is 39.1 Å². The number of carbonyl (C=O) groups is 1. The number of fused-ring (bicyclic) bond motifs is 2. The molecule has 1 amide bonds. The van der Waals surface area contributed by atoms with E-state index in [1.807, 2.05) is 6.07 Å². The van der Waals surface area contributed by atoms with Gasteiger partial charge in [0.1, 0.15) is 22.4 Å². The van der Waals surface area contributed by atoms with Crippen LogP contribution in [0.3, 0.4) is 0 Å². The van der Waals surface area contributed by atoms with Gasteiger partial charge < -0.3 is 9.88 Å². The Morgan fingerprint density at radius 3 is 3.04 bits per heavy atom. The third-order valence-electron chi connectivity index (χ3n) is 4.82. The van der Waals surface area contributed by atoms with E-state index in [0.29, 0.717) is 29.1 Å². The monoisotopic (exact) mass is 416 g/mol. The van der Waals surface area contributed by atoms with E-state index in [0.717, 1.165) is 16.1 Å². The lowest BCUT2D eigenvalue weighted by Crippen LogP contribution is -2.40. The Hall–Kier alpha value is -2.78. The van der Waals surface area contributed by atoms with Gasteiger partial charge in [0.05, 0.1) is 22.3 Å². The molecule has 4 aromatic rings. The molecule has 4 heterocycles. The van der Waals surface area contributed by atoms with Gasteiger partial charge in [0.15, 0.2) is 5.15 Å². The van der Waals surface area contributed by atoms with Crippen molar-refractivity contribution in [3.63, 3.8) is 0 Å². The molecule has 0 saturated carbocycles. The van der Waals surface area contributed by atoms with Crippen LogP contribution in [-0.2, 0) is 13.5 Å². The predicted octanol–water partition coefficient (Wildman–Crippen LogP) is 3.33. The summed E-state index contributed by atoms with van der Waals surface area (Å²) in [5.74, 6) is -0.636. The minimum absolute atomic E-state index is 0.148. The van der Waals surface area contributed by atoms with Gasteiger partial charge in [-0.2, -0.15) is 5.10 Å². The summed E-state index contributed by atoms with van der Waals surface area (Å²) < 4.78 is 16.4. The highest BCUT2D eigenvalue weighted by Gasteiger charge is 2.37. The fourth-order valence-electron chi connectivity index (χ4n) is 3.55. The SMILES string of the molecule is Cn1cc(C(=O)N2CCc3[nH]cnc3[C@H]2c2nc3c(F)cccc3s2)c(Cl)n1. The highest BCUT2D eigenvalue weighted by atomic mass is 35.5. The third kappa shape index (κ3) is 2.61. The van der Waals surface area contributed by atoms with Crippen molar-refractivity contribution in [1.82, 2.24) is 29.6 Å². The molecule has 7 nitrogen and oxygen atoms in total. The minimum atomic E-state index is -0.518. The number of benzene rings is 1. The minimum Gasteiger partial charge on any atom is -0.348 e. The first kappa shape index (κ1) is 17.3. The maximum Gasteiger partial charge on any atom is 0.259 e. The van der Waals surface area contributed by atoms with Crippen LogP contribution in [0.4, 0.5) is 4.39 Å². The molecule has 0 unspecified atom stereocenters. The molecule has 10 heteroatoms. The van der Waals surface area contributed by atoms with E-state index in [2.05, 4.69) is 20.1 Å². The maximum atomic E-state index is 14.2. The number of nitrogens with one attached hydrogen (secondary N) is 1. The number of aromatic amines is 1. The molecule has 0 aliphatic carbocycles. The van der Waals surface area contributed by atoms with Crippen LogP contribution in [0.5, 0.6) is 0 Å². The first-order chi connectivity index (χ1) is 13.5. The van der Waals surface area contributed by atoms with E-state index in [1.54, 1.807) is 30.5 Å². The Labute approximate surface area is 167 Å². The van der Waals surface area contributed by atoms with Crippen LogP contribution in [0.25, 0.3) is 10.2 Å². The Balaban J connectivity index is 1.65. The zero-order chi connectivity index (χ0) is 19.4. The van der Waals surface area contributed by atoms with Gasteiger partial charge in [-0.15, -0.1) is 11.3 Å². The molecule has 1 aliphatic rings. The number of aryl methyl sites for hydroxylation is 1. The van der Waals surface area contributed by atoms with Crippen molar-refractivity contribution in [3.05, 3.63) is 63.7 Å². The smallest absolute Gasteiger partial charge is 0.259 e. The summed E-state index contributed by atoms with van der Waals surface area (Å²) in [6.07, 6.45) is 3.84. The number of carbonyl (C=O) groups excluding carboxylic acids is 1. The molecule has 1 aliphatic heterocycles. The van der Waals surface area contributed by atoms with Gasteiger partial charge >= 0.3 is 0 Å². The molecule has 0 fully saturated rings. The van der Waals surface area contributed by atoms with E-state index in [4.69, 9.17) is 11.6 Å². The van der Waals surface area contributed by atoms with Crippen LogP contribution in [0.15, 0.2) is 30.7 Å². The van der Waals surface area contributed by atoms with Crippen LogP contribution < -0.4 is 0 Å². The summed E-state index contributed by atoms with van der Waals surface area (Å²) in [6, 6.07) is 4.33. The molecule has 0 radical (unpaired) electrons. The largest absolute Gasteiger partial charge is 0.348 e. The molecule has 0 bridgehead atoms. The van der Waals surface area contributed by atoms with Gasteiger partial charge in [0, 0.05) is 31.9 Å². The second-order valence-corrected chi connectivity index (χ2v) is 7.98. The first-order valence-electron chi connectivity index (χ1n) is 8.60. The van der Waals surface area contributed by atoms with Crippen LogP contribution in [-0.4, -0.2) is 42.1 Å². The van der Waals surface area contributed by atoms with Crippen molar-refractivity contribution in [1.29, 1.82) is 0 Å². The van der Waals surface area contributed by atoms with Crippen molar-refractivity contribution in [3.8, 4) is 0 Å². The van der Waals surface area contributed by atoms with Gasteiger partial charge in [0.25, 0.3) is 5.91 Å². The number of H-pyrrole nitrogens is 1. The fraction of sp³-hybridized carbons (Fsp3) is 0.222. The van der Waals surface area contributed by atoms with E-state index < -0.39 is 6.04 Å². The predicted molar refractivity (Wildman–Crippen MR) is 103 cm³/mol. The van der Waals surface area contributed by atoms with E-state index >= 15 is 0 Å². The lowest BCUT2D eigenvalue weighted by molar-refractivity contribution is 0.0690. The average molecular weight is 417 g/mol. The molecule has 1 N–H and O–H groups in total. The van der Waals surface area contributed by atoms with Gasteiger partial charge in [0.2, 0.25) is 0 Å². The maximum absolute atomic E-state index is 14.2. The quantitative estimate of drug-likeness (QED) is 0.543. The number of hydrogen-bond acceptors (Lipinski definition) is 5. The van der Waals surface area contributed by atoms with Crippen LogP contribution in [0, 0.1) is 5.82 Å². The molecule has 0 spiro atoms. The molecule has 1 aromatic carbocycles. The number of amides is 1. The summed E-state index contributed by atoms with van der Waals surface area (Å²) in [5.41, 5.74) is 2.29. The second-order valence-electron chi connectivity index (χ2n) is 6.56. The van der Waals surface area contributed by atoms with Crippen LogP contribution in [0.1, 0.15) is 32.8 Å². The Morgan fingerprint density at radius 2 is 2.29 bits per heavy atom. The number of nitrogens with zero attached hydrogens (tertiary/aromatic N) is 5. The first-order valence-corrected chi connectivity index (χ1v) is 9.79. The number of rotatable bonds is 2. The van der Waals surface area contributed by atoms with E-state index in [-0.39, 0.29) is 16.9 Å². The number of para-hydroxylation sites is 1. The summed E-state index contributed by atoms with van der Waals surface area (Å²) >= 11 is 7.51. The second kappa shape index (κ2) is 6.39. The standard InChI is InChI=1S/C18H14ClFN6OS/c1-25-7-9(16(19)24-25)18(27)26-6-5-11-14(22-8-21-11)15(26)17-23-13-10(20)3-2-4-12(13)28-17/h2-4,7-8,15H,5-6H2,1H3,(H,21,22)/t15-/m0/s1. The molecule has 5 rings (SSSR count). The molecular weight excluding hydrogens is 403 g/mol. The number of thiazole rings is 1. The molecule has 3 aromatic heterocycles. The molecular formula is C18H14ClFN6OS. The Kier molecular flexibility index (Phi) is 3.95. The number of aromatic nitrogens is 5. The number of halogens is 2. The van der Waals surface area contributed by atoms with Gasteiger partial charge in [-0.3, -0.25) is 9.48 Å². The van der Waals surface area contributed by atoms with E-state index in [9.17, 15) is 9.18 Å². The third-order valence-corrected chi connectivity index (χ3v) is 6.17. The Morgan fingerprint density at radius 1 is 1.43 bits per heavy atom. The normalized spacial score (nSPS) is 16.5. The highest BCUT2D eigenvalue weighted by Crippen LogP contribution is 2.38. The van der Waals surface area contributed by atoms with Crippen molar-refractivity contribution < 1.29 is 9.18 Å². The van der Waals surface area contributed by atoms with Crippen molar-refractivity contribution in [2.45, 2.75) is 12.5 Å². The Bertz CT molecular complexity index is 1210. The number of hydrogen-bond donors (Lipinski definition) is 1. The van der Waals surface area contributed by atoms with Crippen LogP contribution >= 0.6 is 22.9 Å². The van der Waals surface area contributed by atoms with Crippen LogP contribution in [0.2, 0.25) is 5.15 Å².